The van der Waals surface area contributed by atoms with E-state index in [1.165, 1.54) is 5.69 Å². The summed E-state index contributed by atoms with van der Waals surface area (Å²) in [6.07, 6.45) is 5.31. The molecule has 0 aliphatic rings. The molecule has 0 atom stereocenters. The van der Waals surface area contributed by atoms with Crippen LogP contribution in [-0.4, -0.2) is 197 Å². The van der Waals surface area contributed by atoms with E-state index >= 15 is 0 Å². The Morgan fingerprint density at radius 2 is 0.744 bits per heavy atom. The van der Waals surface area contributed by atoms with E-state index in [1.807, 2.05) is 54.6 Å². The van der Waals surface area contributed by atoms with Gasteiger partial charge in [0.15, 0.2) is 6.67 Å². The Morgan fingerprint density at radius 1 is 0.378 bits per heavy atom. The van der Waals surface area contributed by atoms with Crippen molar-refractivity contribution in [3.8, 4) is 11.5 Å². The summed E-state index contributed by atoms with van der Waals surface area (Å²) in [7, 11) is 28.8. The highest BCUT2D eigenvalue weighted by atomic mass is 16.3. The highest BCUT2D eigenvalue weighted by Crippen LogP contribution is 2.39. The van der Waals surface area contributed by atoms with Crippen LogP contribution >= 0.6 is 0 Å². The molecule has 6 rings (SSSR count). The van der Waals surface area contributed by atoms with Gasteiger partial charge in [-0.25, -0.2) is 0 Å². The number of hydrogen-bond acceptors (Lipinski definition) is 13. The zero-order valence-electron chi connectivity index (χ0n) is 52.0. The third-order valence-corrected chi connectivity index (χ3v) is 14.2. The first kappa shape index (κ1) is 63.9. The molecule has 17 nitrogen and oxygen atoms in total. The number of anilines is 14. The average molecular weight is 1130 g/mol. The van der Waals surface area contributed by atoms with Gasteiger partial charge in [0.2, 0.25) is 0 Å². The van der Waals surface area contributed by atoms with Crippen molar-refractivity contribution in [2.75, 3.05) is 217 Å². The van der Waals surface area contributed by atoms with Crippen LogP contribution in [0.3, 0.4) is 0 Å². The second-order valence-corrected chi connectivity index (χ2v) is 26.0. The van der Waals surface area contributed by atoms with Crippen LogP contribution in [0.1, 0.15) is 32.1 Å². The zero-order valence-corrected chi connectivity index (χ0v) is 52.0. The van der Waals surface area contributed by atoms with E-state index in [2.05, 4.69) is 205 Å². The van der Waals surface area contributed by atoms with Gasteiger partial charge in [0.25, 0.3) is 0 Å². The summed E-state index contributed by atoms with van der Waals surface area (Å²) in [6.45, 7) is 10.5. The van der Waals surface area contributed by atoms with Gasteiger partial charge in [0.05, 0.1) is 138 Å². The maximum absolute atomic E-state index is 11.6. The fraction of sp³-hybridized carbons (Fsp3) is 0.446. The van der Waals surface area contributed by atoms with Gasteiger partial charge in [-0.2, -0.15) is 0 Å². The summed E-state index contributed by atoms with van der Waals surface area (Å²) in [6, 6.07) is 40.5. The summed E-state index contributed by atoms with van der Waals surface area (Å²) in [5.41, 5.74) is 18.3. The molecule has 0 fully saturated rings. The van der Waals surface area contributed by atoms with Crippen molar-refractivity contribution in [3.63, 3.8) is 0 Å². The number of aromatic hydroxyl groups is 2. The number of phenols is 2. The SMILES string of the molecule is CN(C)CCCN(CCC[N+](C)(C)C)c1ccc(Nc2cc(Nc3ccc(NCCC[N+](C)(C)C)cc3)c(NC[N+](C)(C)CCCNc3ccc(Nc4cc(Nc5ccc(NCCC[N+](C)(C)C)cc5)c(O)cc4N)cc3)cc2O)cc1. The summed E-state index contributed by atoms with van der Waals surface area (Å²) < 4.78 is 3.55. The van der Waals surface area contributed by atoms with Crippen LogP contribution in [0.15, 0.2) is 121 Å². The summed E-state index contributed by atoms with van der Waals surface area (Å²) in [5, 5.41) is 50.8. The van der Waals surface area contributed by atoms with Gasteiger partial charge >= 0.3 is 0 Å². The third-order valence-electron chi connectivity index (χ3n) is 14.2. The Labute approximate surface area is 492 Å². The minimum atomic E-state index is 0.0748. The smallest absolute Gasteiger partial charge is 0.151 e. The van der Waals surface area contributed by atoms with E-state index < -0.39 is 0 Å². The standard InChI is InChI=1S/C65H101N15O2/c1-75(2)38-17-39-76(40-18-43-79(9,10)11)57-33-31-56(32-34-57)74-63-47-61(72-54-27-21-50(22-28-54)67-35-14-41-77(3,4)5)60(48-65(63)82)70-49-80(12,13)44-16-37-69-52-19-25-53(26-20-52)71-59-46-62(64(81)45-58(59)66)73-55-29-23-51(24-30-55)68-36-15-42-78(6,7)8/h19-34,45-48,67-74H,14-18,35-44,49,66H2,1-13H3/q+2/p+2. The topological polar surface area (TPSA) is 169 Å². The Kier molecular flexibility index (Phi) is 23.1. The van der Waals surface area contributed by atoms with Crippen molar-refractivity contribution in [1.82, 2.24) is 4.90 Å². The largest absolute Gasteiger partial charge is 0.506 e. The van der Waals surface area contributed by atoms with Gasteiger partial charge in [-0.3, -0.25) is 0 Å². The van der Waals surface area contributed by atoms with Crippen molar-refractivity contribution >= 4 is 79.6 Å². The fourth-order valence-corrected chi connectivity index (χ4v) is 9.52. The van der Waals surface area contributed by atoms with E-state index in [0.717, 1.165) is 162 Å². The van der Waals surface area contributed by atoms with Crippen molar-refractivity contribution in [2.24, 2.45) is 0 Å². The first-order valence-corrected chi connectivity index (χ1v) is 29.3. The van der Waals surface area contributed by atoms with Gasteiger partial charge in [0.1, 0.15) is 11.5 Å². The van der Waals surface area contributed by atoms with Gasteiger partial charge in [-0.05, 0) is 136 Å². The first-order chi connectivity index (χ1) is 38.7. The van der Waals surface area contributed by atoms with Gasteiger partial charge in [0, 0.05) is 116 Å². The molecular weight excluding hydrogens is 1020 g/mol. The Bertz CT molecular complexity index is 2860. The van der Waals surface area contributed by atoms with Crippen LogP contribution in [0.4, 0.5) is 79.6 Å². The Morgan fingerprint density at radius 3 is 1.20 bits per heavy atom. The Hall–Kier alpha value is -7.28. The van der Waals surface area contributed by atoms with Crippen molar-refractivity contribution in [2.45, 2.75) is 32.1 Å². The molecule has 0 amide bonds. The quantitative estimate of drug-likeness (QED) is 0.00455. The van der Waals surface area contributed by atoms with Crippen molar-refractivity contribution in [3.05, 3.63) is 121 Å². The molecule has 0 unspecified atom stereocenters. The molecule has 0 heterocycles. The number of benzene rings is 6. The van der Waals surface area contributed by atoms with E-state index in [1.54, 1.807) is 6.07 Å². The first-order valence-electron chi connectivity index (χ1n) is 29.3. The average Bonchev–Trinajstić information content (AvgIpc) is 3.48. The predicted molar refractivity (Wildman–Crippen MR) is 353 cm³/mol. The lowest BCUT2D eigenvalue weighted by Gasteiger charge is -2.31. The van der Waals surface area contributed by atoms with Crippen LogP contribution in [0.25, 0.3) is 0 Å². The molecule has 0 aromatic heterocycles. The van der Waals surface area contributed by atoms with Gasteiger partial charge < -0.3 is 86.2 Å². The summed E-state index contributed by atoms with van der Waals surface area (Å²) in [5.74, 6) is 0.234. The van der Waals surface area contributed by atoms with Crippen LogP contribution in [0.2, 0.25) is 0 Å². The van der Waals surface area contributed by atoms with Crippen molar-refractivity contribution < 1.29 is 28.1 Å². The number of nitrogens with two attached hydrogens (primary N) is 1. The molecule has 6 aromatic carbocycles. The second-order valence-electron chi connectivity index (χ2n) is 26.0. The van der Waals surface area contributed by atoms with Crippen LogP contribution in [0.5, 0.6) is 11.5 Å². The van der Waals surface area contributed by atoms with E-state index in [9.17, 15) is 10.2 Å². The maximum Gasteiger partial charge on any atom is 0.151 e. The van der Waals surface area contributed by atoms with E-state index in [0.29, 0.717) is 33.9 Å². The molecule has 0 radical (unpaired) electrons. The minimum Gasteiger partial charge on any atom is -0.506 e. The van der Waals surface area contributed by atoms with E-state index in [-0.39, 0.29) is 11.5 Å². The van der Waals surface area contributed by atoms with E-state index in [4.69, 9.17) is 5.73 Å². The van der Waals surface area contributed by atoms with Crippen LogP contribution < -0.4 is 53.2 Å². The van der Waals surface area contributed by atoms with Crippen LogP contribution in [-0.2, 0) is 0 Å². The Balaban J connectivity index is 1.05. The van der Waals surface area contributed by atoms with Crippen LogP contribution in [0, 0.1) is 0 Å². The lowest BCUT2D eigenvalue weighted by molar-refractivity contribution is -0.887. The lowest BCUT2D eigenvalue weighted by atomic mass is 10.1. The highest BCUT2D eigenvalue weighted by molar-refractivity contribution is 5.84. The number of nitrogens with one attached hydrogen (secondary N) is 8. The van der Waals surface area contributed by atoms with Crippen molar-refractivity contribution in [1.29, 1.82) is 0 Å². The predicted octanol–water partition coefficient (Wildman–Crippen LogP) is 11.5. The molecule has 0 aliphatic carbocycles. The summed E-state index contributed by atoms with van der Waals surface area (Å²) in [4.78, 5) is 4.75. The molecule has 0 aliphatic heterocycles. The highest BCUT2D eigenvalue weighted by Gasteiger charge is 2.19. The number of rotatable bonds is 35. The molecule has 0 bridgehead atoms. The number of phenolic OH excluding ortho intramolecular Hbond substituents is 2. The van der Waals surface area contributed by atoms with Gasteiger partial charge in [-0.1, -0.05) is 0 Å². The normalized spacial score (nSPS) is 12.0. The third kappa shape index (κ3) is 22.9. The molecule has 17 heteroatoms. The molecule has 0 saturated heterocycles. The maximum atomic E-state index is 11.6. The summed E-state index contributed by atoms with van der Waals surface area (Å²) >= 11 is 0. The molecule has 0 saturated carbocycles. The molecule has 6 aromatic rings. The molecule has 82 heavy (non-hydrogen) atoms. The molecular formula is C65H103N15O2+4. The molecule has 12 N–H and O–H groups in total. The molecule has 0 spiro atoms. The zero-order chi connectivity index (χ0) is 59.5. The fourth-order valence-electron chi connectivity index (χ4n) is 9.52. The number of nitrogen functional groups attached to an aromatic ring is 1. The number of nitrogens with zero attached hydrogens (tertiary/aromatic N) is 6. The minimum absolute atomic E-state index is 0.0748. The second kappa shape index (κ2) is 29.6. The molecule has 446 valence electrons. The number of quaternary nitrogens is 4. The number of hydrogen-bond donors (Lipinski definition) is 11. The monoisotopic (exact) mass is 1130 g/mol. The lowest BCUT2D eigenvalue weighted by Crippen LogP contribution is -2.44. The van der Waals surface area contributed by atoms with Gasteiger partial charge in [-0.15, -0.1) is 0 Å².